The molecule has 0 saturated heterocycles. The number of aliphatic hydroxyl groups excluding tert-OH is 1. The van der Waals surface area contributed by atoms with Crippen molar-refractivity contribution in [1.29, 1.82) is 0 Å². The number of hydrogen-bond acceptors (Lipinski definition) is 2. The van der Waals surface area contributed by atoms with Gasteiger partial charge in [-0.3, -0.25) is 0 Å². The van der Waals surface area contributed by atoms with Gasteiger partial charge in [-0.05, 0) is 31.4 Å². The van der Waals surface area contributed by atoms with Crippen LogP contribution in [-0.4, -0.2) is 27.3 Å². The minimum Gasteiger partial charge on any atom is -0.489 e. The molecule has 0 radical (unpaired) electrons. The van der Waals surface area contributed by atoms with Gasteiger partial charge in [0.1, 0.15) is 18.5 Å². The van der Waals surface area contributed by atoms with E-state index in [0.717, 1.165) is 18.9 Å². The van der Waals surface area contributed by atoms with Crippen LogP contribution in [0, 0.1) is 11.6 Å². The van der Waals surface area contributed by atoms with Crippen molar-refractivity contribution in [3.63, 3.8) is 0 Å². The second-order valence-corrected chi connectivity index (χ2v) is 6.90. The van der Waals surface area contributed by atoms with E-state index in [-0.39, 0.29) is 6.04 Å². The summed E-state index contributed by atoms with van der Waals surface area (Å²) in [6, 6.07) is 2.53. The Morgan fingerprint density at radius 3 is 2.76 bits per heavy atom. The molecule has 2 N–H and O–H groups in total. The summed E-state index contributed by atoms with van der Waals surface area (Å²) in [5, 5.41) is 10.5. The van der Waals surface area contributed by atoms with Crippen molar-refractivity contribution in [2.75, 3.05) is 6.54 Å². The molecule has 2 aromatic rings. The highest BCUT2D eigenvalue weighted by Gasteiger charge is 2.30. The second-order valence-electron chi connectivity index (χ2n) is 6.50. The van der Waals surface area contributed by atoms with E-state index in [1.165, 1.54) is 6.07 Å². The number of allylic oxidation sites excluding steroid dienone is 2. The highest BCUT2D eigenvalue weighted by Crippen LogP contribution is 2.41. The normalized spacial score (nSPS) is 21.7. The van der Waals surface area contributed by atoms with Gasteiger partial charge in [-0.15, -0.1) is 6.20 Å². The third kappa shape index (κ3) is 3.03. The van der Waals surface area contributed by atoms with Gasteiger partial charge in [-0.1, -0.05) is 0 Å². The summed E-state index contributed by atoms with van der Waals surface area (Å²) in [6.45, 7) is 2.02. The van der Waals surface area contributed by atoms with Crippen LogP contribution in [0.25, 0.3) is 22.0 Å². The molecule has 1 aromatic carbocycles. The Kier molecular flexibility index (Phi) is 4.02. The number of hydrogen-bond donors (Lipinski definition) is 2. The standard InChI is InChI=1S/C17H17ClF2N4O/c1-9(25)8-23-16(18)4-10(7-21-23)17-22-14-5-12(19)13(20)6-15(14)24(17)11-2-3-11/h4-7,9,11,23,25H,2-3,8H2,1H3. The van der Waals surface area contributed by atoms with Crippen LogP contribution in [-0.2, 0) is 0 Å². The van der Waals surface area contributed by atoms with E-state index < -0.39 is 17.7 Å². The number of quaternary nitrogens is 1. The molecular formula is C17H17ClF2N4O. The predicted molar refractivity (Wildman–Crippen MR) is 90.7 cm³/mol. The van der Waals surface area contributed by atoms with Gasteiger partial charge in [0, 0.05) is 29.8 Å². The van der Waals surface area contributed by atoms with Gasteiger partial charge < -0.3 is 20.1 Å². The van der Waals surface area contributed by atoms with E-state index >= 15 is 0 Å². The quantitative estimate of drug-likeness (QED) is 0.817. The summed E-state index contributed by atoms with van der Waals surface area (Å²) in [5.74, 6) is -1.20. The first kappa shape index (κ1) is 16.5. The monoisotopic (exact) mass is 366 g/mol. The van der Waals surface area contributed by atoms with E-state index in [9.17, 15) is 13.9 Å². The lowest BCUT2D eigenvalue weighted by Gasteiger charge is -2.33. The van der Waals surface area contributed by atoms with Crippen LogP contribution < -0.4 is 5.01 Å². The summed E-state index contributed by atoms with van der Waals surface area (Å²) in [7, 11) is 0. The summed E-state index contributed by atoms with van der Waals surface area (Å²) in [4.78, 5) is 4.49. The molecule has 2 heterocycles. The Morgan fingerprint density at radius 1 is 1.40 bits per heavy atom. The SMILES string of the molecule is CC(O)C[NH+]1[N-]C=C(c2nc3cc(F)c(F)cc3n2C2CC2)C=C1Cl. The number of aromatic nitrogens is 2. The van der Waals surface area contributed by atoms with Crippen molar-refractivity contribution in [3.05, 3.63) is 52.4 Å². The van der Waals surface area contributed by atoms with Crippen LogP contribution >= 0.6 is 11.6 Å². The molecule has 132 valence electrons. The third-order valence-corrected chi connectivity index (χ3v) is 4.64. The van der Waals surface area contributed by atoms with Crippen LogP contribution in [0.3, 0.4) is 0 Å². The van der Waals surface area contributed by atoms with Crippen molar-refractivity contribution in [2.45, 2.75) is 31.9 Å². The van der Waals surface area contributed by atoms with Crippen LogP contribution in [0.4, 0.5) is 8.78 Å². The minimum atomic E-state index is -0.914. The molecular weight excluding hydrogens is 350 g/mol. The van der Waals surface area contributed by atoms with Crippen molar-refractivity contribution < 1.29 is 18.9 Å². The first-order chi connectivity index (χ1) is 11.9. The van der Waals surface area contributed by atoms with E-state index in [1.807, 2.05) is 4.57 Å². The number of fused-ring (bicyclic) bond motifs is 1. The Labute approximate surface area is 148 Å². The van der Waals surface area contributed by atoms with E-state index in [4.69, 9.17) is 11.6 Å². The fourth-order valence-corrected chi connectivity index (χ4v) is 3.26. The molecule has 1 saturated carbocycles. The summed E-state index contributed by atoms with van der Waals surface area (Å²) >= 11 is 6.29. The van der Waals surface area contributed by atoms with E-state index in [1.54, 1.807) is 19.2 Å². The topological polar surface area (TPSA) is 56.6 Å². The zero-order valence-electron chi connectivity index (χ0n) is 13.5. The van der Waals surface area contributed by atoms with Gasteiger partial charge in [0.05, 0.1) is 11.0 Å². The molecule has 1 fully saturated rings. The van der Waals surface area contributed by atoms with E-state index in [0.29, 0.717) is 39.1 Å². The van der Waals surface area contributed by atoms with Gasteiger partial charge in [0.2, 0.25) is 0 Å². The maximum absolute atomic E-state index is 13.7. The molecule has 8 heteroatoms. The molecule has 4 rings (SSSR count). The first-order valence-electron chi connectivity index (χ1n) is 8.14. The third-order valence-electron chi connectivity index (χ3n) is 4.31. The molecule has 0 spiro atoms. The maximum atomic E-state index is 13.7. The maximum Gasteiger partial charge on any atom is 0.195 e. The van der Waals surface area contributed by atoms with E-state index in [2.05, 4.69) is 10.4 Å². The van der Waals surface area contributed by atoms with Gasteiger partial charge in [-0.2, -0.15) is 0 Å². The Morgan fingerprint density at radius 2 is 2.12 bits per heavy atom. The Bertz CT molecular complexity index is 902. The van der Waals surface area contributed by atoms with Gasteiger partial charge in [-0.25, -0.2) is 13.8 Å². The zero-order chi connectivity index (χ0) is 17.7. The molecule has 1 aromatic heterocycles. The molecule has 5 nitrogen and oxygen atoms in total. The van der Waals surface area contributed by atoms with Crippen LogP contribution in [0.15, 0.2) is 29.6 Å². The molecule has 1 aliphatic carbocycles. The first-order valence-corrected chi connectivity index (χ1v) is 8.51. The number of nitrogens with one attached hydrogen (secondary N) is 1. The van der Waals surface area contributed by atoms with Crippen LogP contribution in [0.2, 0.25) is 0 Å². The lowest BCUT2D eigenvalue weighted by molar-refractivity contribution is -0.814. The summed E-state index contributed by atoms with van der Waals surface area (Å²) in [6.07, 6.45) is 4.77. The Hall–Kier alpha value is -1.96. The average Bonchev–Trinajstić information content (AvgIpc) is 3.32. The highest BCUT2D eigenvalue weighted by molar-refractivity contribution is 6.28. The predicted octanol–water partition coefficient (Wildman–Crippen LogP) is 2.64. The average molecular weight is 367 g/mol. The smallest absolute Gasteiger partial charge is 0.195 e. The van der Waals surface area contributed by atoms with Crippen molar-refractivity contribution in [3.8, 4) is 0 Å². The number of rotatable bonds is 4. The van der Waals surface area contributed by atoms with Gasteiger partial charge >= 0.3 is 0 Å². The fourth-order valence-electron chi connectivity index (χ4n) is 3.01. The lowest BCUT2D eigenvalue weighted by Crippen LogP contribution is -3.06. The summed E-state index contributed by atoms with van der Waals surface area (Å²) in [5.41, 5.74) is 5.99. The number of imidazole rings is 1. The molecule has 0 amide bonds. The van der Waals surface area contributed by atoms with Crippen molar-refractivity contribution in [1.82, 2.24) is 9.55 Å². The molecule has 2 unspecified atom stereocenters. The number of halogens is 3. The highest BCUT2D eigenvalue weighted by atomic mass is 35.5. The Balaban J connectivity index is 1.77. The molecule has 2 aliphatic rings. The van der Waals surface area contributed by atoms with Gasteiger partial charge in [0.15, 0.2) is 16.8 Å². The molecule has 2 atom stereocenters. The lowest BCUT2D eigenvalue weighted by atomic mass is 10.2. The number of nitrogens with zero attached hydrogens (tertiary/aromatic N) is 3. The number of aliphatic hydroxyl groups is 1. The molecule has 25 heavy (non-hydrogen) atoms. The minimum absolute atomic E-state index is 0.223. The fraction of sp³-hybridized carbons (Fsp3) is 0.353. The molecule has 0 bridgehead atoms. The molecule has 1 aliphatic heterocycles. The van der Waals surface area contributed by atoms with Crippen molar-refractivity contribution >= 4 is 28.2 Å². The second kappa shape index (κ2) is 6.09. The van der Waals surface area contributed by atoms with Crippen molar-refractivity contribution in [2.24, 2.45) is 0 Å². The number of benzene rings is 1. The van der Waals surface area contributed by atoms with Crippen LogP contribution in [0.1, 0.15) is 31.6 Å². The van der Waals surface area contributed by atoms with Crippen LogP contribution in [0.5, 0.6) is 0 Å². The zero-order valence-corrected chi connectivity index (χ0v) is 14.3. The van der Waals surface area contributed by atoms with Gasteiger partial charge in [0.25, 0.3) is 0 Å². The largest absolute Gasteiger partial charge is 0.489 e. The summed E-state index contributed by atoms with van der Waals surface area (Å²) < 4.78 is 29.2.